The van der Waals surface area contributed by atoms with Gasteiger partial charge in [-0.25, -0.2) is 0 Å². The molecule has 1 saturated heterocycles. The minimum atomic E-state index is -0.420. The number of non-ortho nitro benzene ring substituents is 1. The number of imide groups is 1. The third-order valence-electron chi connectivity index (χ3n) is 4.80. The van der Waals surface area contributed by atoms with Crippen LogP contribution in [0.1, 0.15) is 18.1 Å². The Kier molecular flexibility index (Phi) is 4.94. The Balaban J connectivity index is 1.71. The number of thioether (sulfide) groups is 1. The molecule has 7 nitrogen and oxygen atoms in total. The molecule has 2 aromatic carbocycles. The van der Waals surface area contributed by atoms with E-state index in [-0.39, 0.29) is 16.8 Å². The van der Waals surface area contributed by atoms with Gasteiger partial charge in [-0.15, -0.1) is 0 Å². The molecule has 0 unspecified atom stereocenters. The van der Waals surface area contributed by atoms with Crippen LogP contribution in [0, 0.1) is 10.1 Å². The number of likely N-dealkylation sites (N-methyl/N-ethyl adjacent to an activating group) is 1. The molecule has 0 N–H and O–H groups in total. The smallest absolute Gasteiger partial charge is 0.293 e. The van der Waals surface area contributed by atoms with Crippen molar-refractivity contribution in [2.24, 2.45) is 0 Å². The average Bonchev–Trinajstić information content (AvgIpc) is 3.19. The highest BCUT2D eigenvalue weighted by atomic mass is 32.2. The molecule has 0 spiro atoms. The molecule has 0 radical (unpaired) electrons. The third kappa shape index (κ3) is 3.54. The van der Waals surface area contributed by atoms with Crippen LogP contribution in [0.5, 0.6) is 0 Å². The number of nitrogens with zero attached hydrogens (tertiary/aromatic N) is 3. The Morgan fingerprint density at radius 1 is 1.10 bits per heavy atom. The lowest BCUT2D eigenvalue weighted by atomic mass is 10.1. The van der Waals surface area contributed by atoms with E-state index < -0.39 is 4.92 Å². The molecular formula is C21H17N3O4S. The van der Waals surface area contributed by atoms with Crippen molar-refractivity contribution in [1.29, 1.82) is 0 Å². The van der Waals surface area contributed by atoms with Gasteiger partial charge in [-0.1, -0.05) is 30.3 Å². The molecule has 8 heteroatoms. The summed E-state index contributed by atoms with van der Waals surface area (Å²) in [7, 11) is 0. The molecule has 1 aliphatic rings. The fraction of sp³-hybridized carbons (Fsp3) is 0.143. The number of benzene rings is 2. The summed E-state index contributed by atoms with van der Waals surface area (Å²) in [6.45, 7) is 2.65. The van der Waals surface area contributed by atoms with Crippen LogP contribution in [0.25, 0.3) is 17.0 Å². The quantitative estimate of drug-likeness (QED) is 0.349. The second-order valence-electron chi connectivity index (χ2n) is 6.58. The van der Waals surface area contributed by atoms with Crippen LogP contribution in [-0.4, -0.2) is 32.1 Å². The standard InChI is InChI=1S/C21H17N3O4S/c1-2-23-20(25)19(29-21(23)26)11-15-13-22(18-6-4-3-5-17(15)18)12-14-7-9-16(10-8-14)24(27)28/h3-11,13H,2,12H2,1H3/b19-11-. The van der Waals surface area contributed by atoms with E-state index >= 15 is 0 Å². The number of fused-ring (bicyclic) bond motifs is 1. The van der Waals surface area contributed by atoms with Gasteiger partial charge in [-0.2, -0.15) is 0 Å². The Morgan fingerprint density at radius 2 is 1.83 bits per heavy atom. The topological polar surface area (TPSA) is 85.4 Å². The van der Waals surface area contributed by atoms with E-state index in [4.69, 9.17) is 0 Å². The Labute approximate surface area is 170 Å². The van der Waals surface area contributed by atoms with Crippen LogP contribution in [0.3, 0.4) is 0 Å². The van der Waals surface area contributed by atoms with Crippen LogP contribution < -0.4 is 0 Å². The van der Waals surface area contributed by atoms with Crippen LogP contribution in [0.4, 0.5) is 10.5 Å². The maximum Gasteiger partial charge on any atom is 0.293 e. The van der Waals surface area contributed by atoms with Crippen molar-refractivity contribution in [2.45, 2.75) is 13.5 Å². The van der Waals surface area contributed by atoms with Crippen molar-refractivity contribution >= 4 is 45.6 Å². The number of aromatic nitrogens is 1. The summed E-state index contributed by atoms with van der Waals surface area (Å²) >= 11 is 0.953. The summed E-state index contributed by atoms with van der Waals surface area (Å²) in [4.78, 5) is 36.5. The maximum atomic E-state index is 12.4. The molecule has 3 aromatic rings. The maximum absolute atomic E-state index is 12.4. The van der Waals surface area contributed by atoms with E-state index in [9.17, 15) is 19.7 Å². The molecule has 0 aliphatic carbocycles. The highest BCUT2D eigenvalue weighted by Gasteiger charge is 2.33. The van der Waals surface area contributed by atoms with Gasteiger partial charge in [0.05, 0.1) is 9.83 Å². The lowest BCUT2D eigenvalue weighted by Crippen LogP contribution is -2.27. The molecule has 146 valence electrons. The van der Waals surface area contributed by atoms with E-state index in [1.54, 1.807) is 25.1 Å². The van der Waals surface area contributed by atoms with Crippen LogP contribution in [0.2, 0.25) is 0 Å². The molecule has 1 fully saturated rings. The number of hydrogen-bond acceptors (Lipinski definition) is 5. The highest BCUT2D eigenvalue weighted by Crippen LogP contribution is 2.34. The minimum absolute atomic E-state index is 0.0541. The van der Waals surface area contributed by atoms with E-state index in [1.807, 2.05) is 35.0 Å². The number of carbonyl (C=O) groups is 2. The van der Waals surface area contributed by atoms with Gasteiger partial charge >= 0.3 is 0 Å². The van der Waals surface area contributed by atoms with Crippen molar-refractivity contribution in [3.05, 3.63) is 80.9 Å². The number of nitro groups is 1. The second kappa shape index (κ2) is 7.56. The van der Waals surface area contributed by atoms with Gasteiger partial charge in [0.15, 0.2) is 0 Å². The van der Waals surface area contributed by atoms with Crippen molar-refractivity contribution in [1.82, 2.24) is 9.47 Å². The SMILES string of the molecule is CCN1C(=O)S/C(=C\c2cn(Cc3ccc([N+](=O)[O-])cc3)c3ccccc23)C1=O. The normalized spacial score (nSPS) is 15.6. The molecule has 2 amide bonds. The minimum Gasteiger partial charge on any atom is -0.342 e. The lowest BCUT2D eigenvalue weighted by molar-refractivity contribution is -0.384. The first-order valence-corrected chi connectivity index (χ1v) is 9.86. The Morgan fingerprint density at radius 3 is 2.48 bits per heavy atom. The monoisotopic (exact) mass is 407 g/mol. The summed E-state index contributed by atoms with van der Waals surface area (Å²) in [6, 6.07) is 14.3. The highest BCUT2D eigenvalue weighted by molar-refractivity contribution is 8.18. The third-order valence-corrected chi connectivity index (χ3v) is 5.70. The lowest BCUT2D eigenvalue weighted by Gasteiger charge is -2.06. The summed E-state index contributed by atoms with van der Waals surface area (Å²) < 4.78 is 2.03. The van der Waals surface area contributed by atoms with Crippen molar-refractivity contribution < 1.29 is 14.5 Å². The van der Waals surface area contributed by atoms with Crippen LogP contribution >= 0.6 is 11.8 Å². The van der Waals surface area contributed by atoms with Crippen molar-refractivity contribution in [3.8, 4) is 0 Å². The number of rotatable bonds is 5. The first-order valence-electron chi connectivity index (χ1n) is 9.04. The van der Waals surface area contributed by atoms with E-state index in [2.05, 4.69) is 0 Å². The van der Waals surface area contributed by atoms with Gasteiger partial charge in [-0.3, -0.25) is 24.6 Å². The molecule has 4 rings (SSSR count). The van der Waals surface area contributed by atoms with E-state index in [0.717, 1.165) is 33.8 Å². The van der Waals surface area contributed by atoms with Gasteiger partial charge in [0, 0.05) is 47.9 Å². The molecule has 2 heterocycles. The fourth-order valence-electron chi connectivity index (χ4n) is 3.35. The number of para-hydroxylation sites is 1. The molecular weight excluding hydrogens is 390 g/mol. The van der Waals surface area contributed by atoms with Crippen LogP contribution in [0.15, 0.2) is 59.6 Å². The summed E-state index contributed by atoms with van der Waals surface area (Å²) in [5.74, 6) is -0.269. The Bertz CT molecular complexity index is 1160. The van der Waals surface area contributed by atoms with Crippen LogP contribution in [-0.2, 0) is 11.3 Å². The first-order chi connectivity index (χ1) is 14.0. The predicted octanol–water partition coefficient (Wildman–Crippen LogP) is 4.65. The zero-order valence-electron chi connectivity index (χ0n) is 15.6. The first kappa shape index (κ1) is 18.9. The number of nitro benzene ring substituents is 1. The molecule has 29 heavy (non-hydrogen) atoms. The summed E-state index contributed by atoms with van der Waals surface area (Å²) in [5.41, 5.74) is 2.81. The molecule has 0 saturated carbocycles. The number of amides is 2. The zero-order valence-corrected chi connectivity index (χ0v) is 16.4. The van der Waals surface area contributed by atoms with E-state index in [1.165, 1.54) is 17.0 Å². The average molecular weight is 407 g/mol. The largest absolute Gasteiger partial charge is 0.342 e. The van der Waals surface area contributed by atoms with Gasteiger partial charge in [0.1, 0.15) is 0 Å². The number of carbonyl (C=O) groups excluding carboxylic acids is 2. The fourth-order valence-corrected chi connectivity index (χ4v) is 4.25. The second-order valence-corrected chi connectivity index (χ2v) is 7.57. The zero-order chi connectivity index (χ0) is 20.5. The number of hydrogen-bond donors (Lipinski definition) is 0. The van der Waals surface area contributed by atoms with Gasteiger partial charge in [0.2, 0.25) is 0 Å². The van der Waals surface area contributed by atoms with Gasteiger partial charge < -0.3 is 4.57 Å². The molecule has 0 atom stereocenters. The Hall–Kier alpha value is -3.39. The summed E-state index contributed by atoms with van der Waals surface area (Å²) in [5, 5.41) is 11.6. The molecule has 0 bridgehead atoms. The predicted molar refractivity (Wildman–Crippen MR) is 112 cm³/mol. The molecule has 1 aliphatic heterocycles. The van der Waals surface area contributed by atoms with E-state index in [0.29, 0.717) is 18.0 Å². The van der Waals surface area contributed by atoms with Crippen molar-refractivity contribution in [2.75, 3.05) is 6.54 Å². The van der Waals surface area contributed by atoms with Crippen molar-refractivity contribution in [3.63, 3.8) is 0 Å². The van der Waals surface area contributed by atoms with Gasteiger partial charge in [0.25, 0.3) is 16.8 Å². The molecule has 1 aromatic heterocycles. The summed E-state index contributed by atoms with van der Waals surface area (Å²) in [6.07, 6.45) is 3.70. The van der Waals surface area contributed by atoms with Gasteiger partial charge in [-0.05, 0) is 36.4 Å².